The highest BCUT2D eigenvalue weighted by Gasteiger charge is 1.97. The van der Waals surface area contributed by atoms with E-state index in [1.165, 1.54) is 12.0 Å². The van der Waals surface area contributed by atoms with Gasteiger partial charge in [0.1, 0.15) is 0 Å². The topological polar surface area (TPSA) is 36.1 Å². The minimum Gasteiger partial charge on any atom is -0.356 e. The molecule has 3 heteroatoms. The van der Waals surface area contributed by atoms with E-state index < -0.39 is 0 Å². The minimum atomic E-state index is 1.02. The molecule has 0 bridgehead atoms. The standard InChI is InChI=1S/C21H23N3/c1-2-6-17-9-11-20(12-10-17)23-24-21-15-13-19(14-16-21)22-18-7-4-3-5-8-18/h3-5,7-16,22-24H,2,6H2,1H3. The average molecular weight is 317 g/mol. The van der Waals surface area contributed by atoms with Crippen LogP contribution in [0.4, 0.5) is 22.7 Å². The molecule has 3 aromatic carbocycles. The number of benzene rings is 3. The van der Waals surface area contributed by atoms with E-state index in [9.17, 15) is 0 Å². The molecule has 0 atom stereocenters. The highest BCUT2D eigenvalue weighted by atomic mass is 15.4. The van der Waals surface area contributed by atoms with Crippen LogP contribution in [0, 0.1) is 0 Å². The van der Waals surface area contributed by atoms with Gasteiger partial charge in [-0.1, -0.05) is 43.7 Å². The van der Waals surface area contributed by atoms with Crippen LogP contribution in [0.5, 0.6) is 0 Å². The van der Waals surface area contributed by atoms with Gasteiger partial charge < -0.3 is 16.2 Å². The van der Waals surface area contributed by atoms with Gasteiger partial charge in [0, 0.05) is 11.4 Å². The largest absolute Gasteiger partial charge is 0.356 e. The molecule has 0 spiro atoms. The molecule has 0 heterocycles. The molecule has 122 valence electrons. The number of aryl methyl sites for hydroxylation is 1. The molecule has 24 heavy (non-hydrogen) atoms. The van der Waals surface area contributed by atoms with Gasteiger partial charge in [0.25, 0.3) is 0 Å². The Balaban J connectivity index is 1.54. The Morgan fingerprint density at radius 2 is 1.08 bits per heavy atom. The monoisotopic (exact) mass is 317 g/mol. The van der Waals surface area contributed by atoms with Crippen molar-refractivity contribution in [3.8, 4) is 0 Å². The van der Waals surface area contributed by atoms with Crippen LogP contribution >= 0.6 is 0 Å². The Morgan fingerprint density at radius 1 is 0.583 bits per heavy atom. The maximum Gasteiger partial charge on any atom is 0.0541 e. The van der Waals surface area contributed by atoms with Crippen LogP contribution < -0.4 is 16.2 Å². The van der Waals surface area contributed by atoms with Gasteiger partial charge in [0.15, 0.2) is 0 Å². The SMILES string of the molecule is CCCc1ccc(NNc2ccc(Nc3ccccc3)cc2)cc1. The van der Waals surface area contributed by atoms with Crippen molar-refractivity contribution in [3.05, 3.63) is 84.4 Å². The van der Waals surface area contributed by atoms with E-state index in [-0.39, 0.29) is 0 Å². The Bertz CT molecular complexity index is 734. The zero-order chi connectivity index (χ0) is 16.6. The van der Waals surface area contributed by atoms with Crippen molar-refractivity contribution in [1.29, 1.82) is 0 Å². The molecule has 3 nitrogen and oxygen atoms in total. The first-order chi connectivity index (χ1) is 11.8. The van der Waals surface area contributed by atoms with Gasteiger partial charge in [-0.05, 0) is 60.5 Å². The Kier molecular flexibility index (Phi) is 5.36. The molecule has 0 fully saturated rings. The molecule has 0 amide bonds. The third-order valence-electron chi connectivity index (χ3n) is 3.79. The predicted octanol–water partition coefficient (Wildman–Crippen LogP) is 5.82. The molecule has 0 aromatic heterocycles. The van der Waals surface area contributed by atoms with Crippen molar-refractivity contribution >= 4 is 22.7 Å². The van der Waals surface area contributed by atoms with Gasteiger partial charge in [-0.3, -0.25) is 0 Å². The zero-order valence-electron chi connectivity index (χ0n) is 13.9. The second-order valence-electron chi connectivity index (χ2n) is 5.77. The molecular weight excluding hydrogens is 294 g/mol. The fourth-order valence-corrected chi connectivity index (χ4v) is 2.51. The van der Waals surface area contributed by atoms with E-state index in [0.717, 1.165) is 29.2 Å². The molecule has 0 saturated carbocycles. The molecule has 0 aliphatic heterocycles. The van der Waals surface area contributed by atoms with Crippen LogP contribution in [-0.2, 0) is 6.42 Å². The molecule has 0 aliphatic carbocycles. The average Bonchev–Trinajstić information content (AvgIpc) is 2.63. The summed E-state index contributed by atoms with van der Waals surface area (Å²) in [5.74, 6) is 0. The van der Waals surface area contributed by atoms with Crippen LogP contribution in [-0.4, -0.2) is 0 Å². The van der Waals surface area contributed by atoms with Crippen LogP contribution in [0.3, 0.4) is 0 Å². The summed E-state index contributed by atoms with van der Waals surface area (Å²) in [6.07, 6.45) is 2.30. The summed E-state index contributed by atoms with van der Waals surface area (Å²) >= 11 is 0. The number of hydrogen-bond donors (Lipinski definition) is 3. The minimum absolute atomic E-state index is 1.02. The van der Waals surface area contributed by atoms with Gasteiger partial charge in [0.2, 0.25) is 0 Å². The molecule has 3 N–H and O–H groups in total. The Morgan fingerprint density at radius 3 is 1.67 bits per heavy atom. The third kappa shape index (κ3) is 4.53. The van der Waals surface area contributed by atoms with E-state index in [1.54, 1.807) is 0 Å². The number of rotatable bonds is 7. The molecule has 0 aliphatic rings. The molecule has 0 unspecified atom stereocenters. The summed E-state index contributed by atoms with van der Waals surface area (Å²) in [6.45, 7) is 2.20. The summed E-state index contributed by atoms with van der Waals surface area (Å²) in [6, 6.07) is 26.9. The lowest BCUT2D eigenvalue weighted by Crippen LogP contribution is -2.08. The molecule has 0 saturated heterocycles. The van der Waals surface area contributed by atoms with Crippen LogP contribution in [0.2, 0.25) is 0 Å². The first-order valence-corrected chi connectivity index (χ1v) is 8.36. The number of para-hydroxylation sites is 1. The summed E-state index contributed by atoms with van der Waals surface area (Å²) in [4.78, 5) is 0. The van der Waals surface area contributed by atoms with Crippen LogP contribution in [0.1, 0.15) is 18.9 Å². The molecular formula is C21H23N3. The first kappa shape index (κ1) is 15.9. The van der Waals surface area contributed by atoms with Crippen molar-refractivity contribution in [2.45, 2.75) is 19.8 Å². The number of hydrogen-bond acceptors (Lipinski definition) is 3. The van der Waals surface area contributed by atoms with E-state index in [4.69, 9.17) is 0 Å². The van der Waals surface area contributed by atoms with Gasteiger partial charge >= 0.3 is 0 Å². The van der Waals surface area contributed by atoms with E-state index in [2.05, 4.69) is 71.6 Å². The molecule has 3 aromatic rings. The Hall–Kier alpha value is -2.94. The summed E-state index contributed by atoms with van der Waals surface area (Å²) < 4.78 is 0. The summed E-state index contributed by atoms with van der Waals surface area (Å²) in [7, 11) is 0. The fourth-order valence-electron chi connectivity index (χ4n) is 2.51. The first-order valence-electron chi connectivity index (χ1n) is 8.36. The maximum atomic E-state index is 3.37. The van der Waals surface area contributed by atoms with Crippen molar-refractivity contribution in [3.63, 3.8) is 0 Å². The maximum absolute atomic E-state index is 3.37. The normalized spacial score (nSPS) is 10.2. The van der Waals surface area contributed by atoms with Crippen molar-refractivity contribution in [2.75, 3.05) is 16.2 Å². The van der Waals surface area contributed by atoms with Crippen molar-refractivity contribution < 1.29 is 0 Å². The summed E-state index contributed by atoms with van der Waals surface area (Å²) in [5.41, 5.74) is 12.1. The van der Waals surface area contributed by atoms with E-state index in [1.807, 2.05) is 30.3 Å². The Labute approximate surface area is 143 Å². The van der Waals surface area contributed by atoms with Crippen molar-refractivity contribution in [1.82, 2.24) is 0 Å². The summed E-state index contributed by atoms with van der Waals surface area (Å²) in [5, 5.41) is 3.37. The second-order valence-corrected chi connectivity index (χ2v) is 5.77. The number of nitrogens with one attached hydrogen (secondary N) is 3. The number of hydrazine groups is 1. The fraction of sp³-hybridized carbons (Fsp3) is 0.143. The van der Waals surface area contributed by atoms with Crippen LogP contribution in [0.15, 0.2) is 78.9 Å². The third-order valence-corrected chi connectivity index (χ3v) is 3.79. The van der Waals surface area contributed by atoms with Gasteiger partial charge in [-0.15, -0.1) is 0 Å². The van der Waals surface area contributed by atoms with E-state index in [0.29, 0.717) is 0 Å². The second kappa shape index (κ2) is 8.06. The van der Waals surface area contributed by atoms with Gasteiger partial charge in [0.05, 0.1) is 11.4 Å². The quantitative estimate of drug-likeness (QED) is 0.480. The number of anilines is 4. The molecule has 0 radical (unpaired) electrons. The highest BCUT2D eigenvalue weighted by molar-refractivity contribution is 5.63. The highest BCUT2D eigenvalue weighted by Crippen LogP contribution is 2.19. The lowest BCUT2D eigenvalue weighted by molar-refractivity contribution is 0.922. The lowest BCUT2D eigenvalue weighted by Gasteiger charge is -2.12. The molecule has 3 rings (SSSR count). The van der Waals surface area contributed by atoms with E-state index >= 15 is 0 Å². The van der Waals surface area contributed by atoms with Crippen molar-refractivity contribution in [2.24, 2.45) is 0 Å². The lowest BCUT2D eigenvalue weighted by atomic mass is 10.1. The smallest absolute Gasteiger partial charge is 0.0541 e. The zero-order valence-corrected chi connectivity index (χ0v) is 13.9. The van der Waals surface area contributed by atoms with Gasteiger partial charge in [-0.2, -0.15) is 0 Å². The van der Waals surface area contributed by atoms with Crippen LogP contribution in [0.25, 0.3) is 0 Å². The van der Waals surface area contributed by atoms with Gasteiger partial charge in [-0.25, -0.2) is 0 Å². The predicted molar refractivity (Wildman–Crippen MR) is 104 cm³/mol.